The molecule has 1 aliphatic rings. The topological polar surface area (TPSA) is 26.3 Å². The predicted octanol–water partition coefficient (Wildman–Crippen LogP) is 3.45. The monoisotopic (exact) mass is 280 g/mol. The van der Waals surface area contributed by atoms with Crippen LogP contribution in [0.15, 0.2) is 24.3 Å². The van der Waals surface area contributed by atoms with Gasteiger partial charge in [-0.2, -0.15) is 0 Å². The van der Waals surface area contributed by atoms with Gasteiger partial charge in [0.15, 0.2) is 6.29 Å². The second-order valence-electron chi connectivity index (χ2n) is 5.39. The van der Waals surface area contributed by atoms with Crippen LogP contribution in [0.4, 0.5) is 0 Å². The van der Waals surface area contributed by atoms with Gasteiger partial charge in [-0.15, -0.1) is 6.42 Å². The molecule has 21 heavy (non-hydrogen) atoms. The van der Waals surface area contributed by atoms with E-state index in [1.54, 1.807) is 13.2 Å². The van der Waals surface area contributed by atoms with Crippen LogP contribution in [-0.2, 0) is 4.74 Å². The van der Waals surface area contributed by atoms with Crippen LogP contribution in [0, 0.1) is 30.1 Å². The number of rotatable bonds is 3. The first-order valence-corrected chi connectivity index (χ1v) is 7.32. The second kappa shape index (κ2) is 7.11. The zero-order chi connectivity index (χ0) is 15.1. The van der Waals surface area contributed by atoms with E-state index in [-0.39, 0.29) is 5.92 Å². The molecule has 2 atom stereocenters. The Hall–Kier alpha value is -2.03. The molecule has 0 amide bonds. The number of hydrogen-bond donors (Lipinski definition) is 0. The van der Waals surface area contributed by atoms with Crippen LogP contribution in [0.3, 0.4) is 0 Å². The van der Waals surface area contributed by atoms with Crippen LogP contribution in [-0.4, -0.2) is 19.0 Å². The summed E-state index contributed by atoms with van der Waals surface area (Å²) >= 11 is 0. The Bertz CT molecular complexity index is 600. The van der Waals surface area contributed by atoms with Gasteiger partial charge in [0, 0.05) is 30.6 Å². The fraction of sp³-hybridized carbons (Fsp3) is 0.421. The largest absolute Gasteiger partial charge is 0.365 e. The second-order valence-corrected chi connectivity index (χ2v) is 5.39. The first kappa shape index (κ1) is 15.4. The van der Waals surface area contributed by atoms with E-state index in [0.717, 1.165) is 31.1 Å². The van der Waals surface area contributed by atoms with E-state index in [9.17, 15) is 4.79 Å². The van der Waals surface area contributed by atoms with Gasteiger partial charge in [-0.3, -0.25) is 4.79 Å². The molecule has 0 aliphatic heterocycles. The summed E-state index contributed by atoms with van der Waals surface area (Å²) in [5, 5.41) is 0. The van der Waals surface area contributed by atoms with E-state index >= 15 is 0 Å². The molecule has 0 unspecified atom stereocenters. The van der Waals surface area contributed by atoms with Crippen molar-refractivity contribution in [1.29, 1.82) is 0 Å². The summed E-state index contributed by atoms with van der Waals surface area (Å²) in [6, 6.07) is 7.36. The number of carbonyl (C=O) groups excluding carboxylic acids is 1. The summed E-state index contributed by atoms with van der Waals surface area (Å²) < 4.78 is 5.63. The van der Waals surface area contributed by atoms with Crippen molar-refractivity contribution in [3.8, 4) is 24.2 Å². The van der Waals surface area contributed by atoms with Gasteiger partial charge in [0.05, 0.1) is 0 Å². The van der Waals surface area contributed by atoms with E-state index < -0.39 is 5.60 Å². The van der Waals surface area contributed by atoms with Crippen molar-refractivity contribution in [3.05, 3.63) is 35.4 Å². The zero-order valence-corrected chi connectivity index (χ0v) is 12.4. The Morgan fingerprint density at radius 2 is 2.24 bits per heavy atom. The molecule has 0 N–H and O–H groups in total. The van der Waals surface area contributed by atoms with Crippen molar-refractivity contribution in [3.63, 3.8) is 0 Å². The van der Waals surface area contributed by atoms with Gasteiger partial charge < -0.3 is 4.74 Å². The predicted molar refractivity (Wildman–Crippen MR) is 83.9 cm³/mol. The highest BCUT2D eigenvalue weighted by Crippen LogP contribution is 2.37. The lowest BCUT2D eigenvalue weighted by molar-refractivity contribution is -0.0339. The summed E-state index contributed by atoms with van der Waals surface area (Å²) in [6.07, 6.45) is 11.5. The third kappa shape index (κ3) is 3.35. The van der Waals surface area contributed by atoms with Crippen molar-refractivity contribution < 1.29 is 9.53 Å². The number of methoxy groups -OCH3 is 1. The van der Waals surface area contributed by atoms with E-state index in [0.29, 0.717) is 12.0 Å². The minimum Gasteiger partial charge on any atom is -0.365 e. The number of aldehydes is 1. The van der Waals surface area contributed by atoms with Gasteiger partial charge in [0.1, 0.15) is 5.60 Å². The molecule has 0 spiro atoms. The fourth-order valence-electron chi connectivity index (χ4n) is 2.98. The van der Waals surface area contributed by atoms with Crippen LogP contribution in [0.2, 0.25) is 0 Å². The average molecular weight is 280 g/mol. The molecule has 1 aromatic rings. The highest BCUT2D eigenvalue weighted by atomic mass is 16.5. The van der Waals surface area contributed by atoms with Crippen LogP contribution in [0.25, 0.3) is 0 Å². The Balaban J connectivity index is 2.14. The third-order valence-corrected chi connectivity index (χ3v) is 4.28. The zero-order valence-electron chi connectivity index (χ0n) is 12.4. The molecule has 1 fully saturated rings. The summed E-state index contributed by atoms with van der Waals surface area (Å²) in [6.45, 7) is 0. The van der Waals surface area contributed by atoms with Crippen molar-refractivity contribution in [1.82, 2.24) is 0 Å². The summed E-state index contributed by atoms with van der Waals surface area (Å²) in [4.78, 5) is 11.0. The Morgan fingerprint density at radius 1 is 1.43 bits per heavy atom. The Labute approximate surface area is 126 Å². The maximum Gasteiger partial charge on any atom is 0.151 e. The minimum absolute atomic E-state index is 0.261. The lowest BCUT2D eigenvalue weighted by Gasteiger charge is -2.38. The lowest BCUT2D eigenvalue weighted by atomic mass is 9.74. The molecule has 1 aromatic carbocycles. The molecule has 0 bridgehead atoms. The Morgan fingerprint density at radius 3 is 2.95 bits per heavy atom. The van der Waals surface area contributed by atoms with Crippen molar-refractivity contribution in [2.45, 2.75) is 37.7 Å². The number of terminal acetylenes is 1. The van der Waals surface area contributed by atoms with Crippen LogP contribution < -0.4 is 0 Å². The molecule has 1 aliphatic carbocycles. The van der Waals surface area contributed by atoms with Gasteiger partial charge in [0.25, 0.3) is 0 Å². The maximum atomic E-state index is 11.0. The summed E-state index contributed by atoms with van der Waals surface area (Å²) in [5.74, 6) is 9.38. The van der Waals surface area contributed by atoms with Crippen LogP contribution in [0.5, 0.6) is 0 Å². The molecule has 2 heteroatoms. The summed E-state index contributed by atoms with van der Waals surface area (Å²) in [5.41, 5.74) is 0.924. The smallest absolute Gasteiger partial charge is 0.151 e. The number of hydrogen-bond acceptors (Lipinski definition) is 2. The van der Waals surface area contributed by atoms with Gasteiger partial charge in [-0.05, 0) is 25.3 Å². The minimum atomic E-state index is -0.475. The highest BCUT2D eigenvalue weighted by Gasteiger charge is 2.38. The molecule has 108 valence electrons. The molecule has 2 rings (SSSR count). The number of benzene rings is 1. The lowest BCUT2D eigenvalue weighted by Crippen LogP contribution is -2.41. The van der Waals surface area contributed by atoms with Gasteiger partial charge in [0.2, 0.25) is 0 Å². The standard InChI is InChI=1S/C19H20O2/c1-3-19(21-2)14-7-6-12-18(19)13-8-11-16-9-4-5-10-17(16)15-20/h1,4-5,9-10,15,18H,6-7,12-14H2,2H3/t18-,19+/m0/s1. The Kier molecular flexibility index (Phi) is 5.20. The first-order valence-electron chi connectivity index (χ1n) is 7.32. The molecule has 1 saturated carbocycles. The quantitative estimate of drug-likeness (QED) is 0.626. The molecule has 0 aromatic heterocycles. The molecule has 0 radical (unpaired) electrons. The first-order chi connectivity index (χ1) is 10.3. The molecule has 0 heterocycles. The molecule has 0 saturated heterocycles. The van der Waals surface area contributed by atoms with E-state index in [2.05, 4.69) is 17.8 Å². The fourth-order valence-corrected chi connectivity index (χ4v) is 2.98. The van der Waals surface area contributed by atoms with Gasteiger partial charge >= 0.3 is 0 Å². The SMILES string of the molecule is C#C[C@@]1(OC)CCCC[C@H]1CC#Cc1ccccc1C=O. The van der Waals surface area contributed by atoms with E-state index in [1.807, 2.05) is 18.2 Å². The van der Waals surface area contributed by atoms with Crippen LogP contribution >= 0.6 is 0 Å². The molecular formula is C19H20O2. The molecule has 2 nitrogen and oxygen atoms in total. The molecular weight excluding hydrogens is 260 g/mol. The van der Waals surface area contributed by atoms with E-state index in [4.69, 9.17) is 11.2 Å². The number of ether oxygens (including phenoxy) is 1. The van der Waals surface area contributed by atoms with Gasteiger partial charge in [-0.25, -0.2) is 0 Å². The highest BCUT2D eigenvalue weighted by molar-refractivity contribution is 5.79. The van der Waals surface area contributed by atoms with Crippen molar-refractivity contribution >= 4 is 6.29 Å². The van der Waals surface area contributed by atoms with Crippen molar-refractivity contribution in [2.75, 3.05) is 7.11 Å². The normalized spacial score (nSPS) is 24.5. The summed E-state index contributed by atoms with van der Waals surface area (Å²) in [7, 11) is 1.69. The maximum absolute atomic E-state index is 11.0. The third-order valence-electron chi connectivity index (χ3n) is 4.28. The van der Waals surface area contributed by atoms with Crippen molar-refractivity contribution in [2.24, 2.45) is 5.92 Å². The number of carbonyl (C=O) groups is 1. The average Bonchev–Trinajstić information content (AvgIpc) is 2.56. The van der Waals surface area contributed by atoms with Crippen LogP contribution in [0.1, 0.15) is 48.0 Å². The van der Waals surface area contributed by atoms with E-state index in [1.165, 1.54) is 6.42 Å². The van der Waals surface area contributed by atoms with Gasteiger partial charge in [-0.1, -0.05) is 42.4 Å².